The molecule has 15 heavy (non-hydrogen) atoms. The van der Waals surface area contributed by atoms with Crippen molar-refractivity contribution < 1.29 is 21.2 Å². The number of aromatic nitrogens is 1. The minimum atomic E-state index is -6.00. The van der Waals surface area contributed by atoms with Gasteiger partial charge in [-0.1, -0.05) is 0 Å². The normalized spacial score (nSPS) is 10.9. The number of rotatable bonds is 1. The molecule has 0 aromatic carbocycles. The Balaban J connectivity index is 0.000000336. The molecular formula is C7H11BF4INS. The highest BCUT2D eigenvalue weighted by atomic mass is 127. The molecule has 0 aliphatic heterocycles. The van der Waals surface area contributed by atoms with Gasteiger partial charge < -0.3 is 17.3 Å². The van der Waals surface area contributed by atoms with Gasteiger partial charge >= 0.3 is 7.25 Å². The zero-order valence-electron chi connectivity index (χ0n) is 8.53. The molecule has 0 amide bonds. The number of halogens is 5. The summed E-state index contributed by atoms with van der Waals surface area (Å²) in [4.78, 5) is 1.43. The molecule has 0 saturated heterocycles. The highest BCUT2D eigenvalue weighted by Gasteiger charge is 2.20. The number of nitrogens with zero attached hydrogens (tertiary/aromatic N) is 1. The third-order valence-electron chi connectivity index (χ3n) is 1.54. The van der Waals surface area contributed by atoms with Crippen LogP contribution >= 0.6 is 34.1 Å². The summed E-state index contributed by atoms with van der Waals surface area (Å²) in [6.45, 7) is 7.62. The van der Waals surface area contributed by atoms with E-state index in [2.05, 4.69) is 47.3 Å². The molecule has 88 valence electrons. The van der Waals surface area contributed by atoms with E-state index < -0.39 is 7.25 Å². The number of aryl methyl sites for hydroxylation is 2. The van der Waals surface area contributed by atoms with Crippen molar-refractivity contribution in [3.8, 4) is 0 Å². The van der Waals surface area contributed by atoms with E-state index >= 15 is 0 Å². The maximum Gasteiger partial charge on any atom is 0.673 e. The maximum absolute atomic E-state index is 9.75. The van der Waals surface area contributed by atoms with Gasteiger partial charge in [0.25, 0.3) is 0 Å². The van der Waals surface area contributed by atoms with Crippen LogP contribution in [-0.4, -0.2) is 7.25 Å². The first-order chi connectivity index (χ1) is 6.66. The molecule has 1 aromatic heterocycles. The Kier molecular flexibility index (Phi) is 6.08. The van der Waals surface area contributed by atoms with Crippen molar-refractivity contribution in [2.75, 3.05) is 0 Å². The molecule has 0 fully saturated rings. The van der Waals surface area contributed by atoms with Crippen LogP contribution in [-0.2, 0) is 6.54 Å². The second-order valence-electron chi connectivity index (χ2n) is 2.74. The fourth-order valence-electron chi connectivity index (χ4n) is 0.940. The molecule has 8 heteroatoms. The van der Waals surface area contributed by atoms with E-state index in [1.165, 1.54) is 14.1 Å². The van der Waals surface area contributed by atoms with Gasteiger partial charge in [0.15, 0.2) is 6.54 Å². The van der Waals surface area contributed by atoms with E-state index in [9.17, 15) is 17.3 Å². The van der Waals surface area contributed by atoms with Crippen LogP contribution in [0.1, 0.15) is 17.5 Å². The molecule has 1 rings (SSSR count). The van der Waals surface area contributed by atoms with Gasteiger partial charge in [0.1, 0.15) is 11.5 Å². The Morgan fingerprint density at radius 2 is 1.67 bits per heavy atom. The first-order valence-electron chi connectivity index (χ1n) is 4.20. The summed E-state index contributed by atoms with van der Waals surface area (Å²) in [6, 6.07) is 0. The summed E-state index contributed by atoms with van der Waals surface area (Å²) in [5.41, 5.74) is 1.41. The van der Waals surface area contributed by atoms with Crippen molar-refractivity contribution in [3.63, 3.8) is 0 Å². The predicted molar refractivity (Wildman–Crippen MR) is 62.6 cm³/mol. The summed E-state index contributed by atoms with van der Waals surface area (Å²) < 4.78 is 42.7. The van der Waals surface area contributed by atoms with Crippen molar-refractivity contribution in [1.29, 1.82) is 0 Å². The Morgan fingerprint density at radius 1 is 1.27 bits per heavy atom. The highest BCUT2D eigenvalue weighted by molar-refractivity contribution is 14.1. The van der Waals surface area contributed by atoms with E-state index in [0.29, 0.717) is 0 Å². The van der Waals surface area contributed by atoms with Crippen LogP contribution in [0, 0.1) is 17.4 Å². The van der Waals surface area contributed by atoms with E-state index in [4.69, 9.17) is 0 Å². The predicted octanol–water partition coefficient (Wildman–Crippen LogP) is 3.58. The van der Waals surface area contributed by atoms with E-state index in [1.54, 1.807) is 0 Å². The van der Waals surface area contributed by atoms with Crippen LogP contribution in [0.5, 0.6) is 0 Å². The van der Waals surface area contributed by atoms with Gasteiger partial charge in [0.2, 0.25) is 5.69 Å². The van der Waals surface area contributed by atoms with Gasteiger partial charge in [0, 0.05) is 6.92 Å². The van der Waals surface area contributed by atoms with E-state index in [0.717, 1.165) is 6.54 Å². The second-order valence-corrected chi connectivity index (χ2v) is 5.05. The summed E-state index contributed by atoms with van der Waals surface area (Å²) in [5.74, 6) is 0. The lowest BCUT2D eigenvalue weighted by Gasteiger charge is -1.94. The Bertz CT molecular complexity index is 320. The molecule has 1 heterocycles. The third kappa shape index (κ3) is 6.34. The average Bonchev–Trinajstić information content (AvgIpc) is 2.29. The molecule has 0 bridgehead atoms. The zero-order chi connectivity index (χ0) is 12.2. The first kappa shape index (κ1) is 15.1. The van der Waals surface area contributed by atoms with Crippen LogP contribution in [0.15, 0.2) is 0 Å². The SMILES string of the molecule is CC[n+]1sc(C)c(I)c1C.F[B-](F)(F)F. The van der Waals surface area contributed by atoms with Gasteiger partial charge in [-0.2, -0.15) is 0 Å². The summed E-state index contributed by atoms with van der Waals surface area (Å²) >= 11 is 4.25. The minimum Gasteiger partial charge on any atom is -0.418 e. The molecule has 0 radical (unpaired) electrons. The lowest BCUT2D eigenvalue weighted by Crippen LogP contribution is -2.29. The van der Waals surface area contributed by atoms with Gasteiger partial charge in [-0.05, 0) is 36.4 Å². The molecule has 0 aliphatic rings. The maximum atomic E-state index is 9.75. The summed E-state index contributed by atoms with van der Waals surface area (Å²) in [6.07, 6.45) is 0. The van der Waals surface area contributed by atoms with Crippen LogP contribution in [0.25, 0.3) is 0 Å². The summed E-state index contributed by atoms with van der Waals surface area (Å²) in [7, 11) is -6.00. The first-order valence-corrected chi connectivity index (χ1v) is 6.05. The van der Waals surface area contributed by atoms with Gasteiger partial charge in [-0.3, -0.25) is 0 Å². The van der Waals surface area contributed by atoms with Crippen molar-refractivity contribution in [3.05, 3.63) is 14.1 Å². The van der Waals surface area contributed by atoms with Crippen molar-refractivity contribution in [1.82, 2.24) is 0 Å². The zero-order valence-corrected chi connectivity index (χ0v) is 11.5. The van der Waals surface area contributed by atoms with Crippen LogP contribution < -0.4 is 3.96 Å². The van der Waals surface area contributed by atoms with Crippen LogP contribution in [0.4, 0.5) is 17.3 Å². The fraction of sp³-hybridized carbons (Fsp3) is 0.571. The van der Waals surface area contributed by atoms with Crippen molar-refractivity contribution in [2.45, 2.75) is 27.3 Å². The van der Waals surface area contributed by atoms with Crippen molar-refractivity contribution >= 4 is 41.4 Å². The molecule has 0 unspecified atom stereocenters. The van der Waals surface area contributed by atoms with E-state index in [-0.39, 0.29) is 0 Å². The lowest BCUT2D eigenvalue weighted by atomic mass is 10.3. The molecule has 1 aromatic rings. The monoisotopic (exact) mass is 355 g/mol. The van der Waals surface area contributed by atoms with Gasteiger partial charge in [-0.15, -0.1) is 3.96 Å². The summed E-state index contributed by atoms with van der Waals surface area (Å²) in [5, 5.41) is 0. The number of hydrogen-bond acceptors (Lipinski definition) is 1. The quantitative estimate of drug-likeness (QED) is 0.314. The smallest absolute Gasteiger partial charge is 0.418 e. The topological polar surface area (TPSA) is 3.88 Å². The average molecular weight is 355 g/mol. The molecule has 0 atom stereocenters. The molecule has 0 aliphatic carbocycles. The molecular weight excluding hydrogens is 344 g/mol. The van der Waals surface area contributed by atoms with Gasteiger partial charge in [0.05, 0.1) is 8.45 Å². The number of hydrogen-bond donors (Lipinski definition) is 0. The minimum absolute atomic E-state index is 1.10. The molecule has 1 nitrogen and oxygen atoms in total. The molecule has 0 spiro atoms. The Morgan fingerprint density at radius 3 is 1.80 bits per heavy atom. The van der Waals surface area contributed by atoms with Gasteiger partial charge in [-0.25, -0.2) is 0 Å². The fourth-order valence-corrected chi connectivity index (χ4v) is 2.61. The van der Waals surface area contributed by atoms with E-state index in [1.807, 2.05) is 11.5 Å². The third-order valence-corrected chi connectivity index (χ3v) is 4.72. The second kappa shape index (κ2) is 6.02. The largest absolute Gasteiger partial charge is 0.673 e. The molecule has 0 N–H and O–H groups in total. The Labute approximate surface area is 104 Å². The lowest BCUT2D eigenvalue weighted by molar-refractivity contribution is -0.632. The Hall–Kier alpha value is 0.145. The molecule has 0 saturated carbocycles. The van der Waals surface area contributed by atoms with Crippen molar-refractivity contribution in [2.24, 2.45) is 0 Å². The standard InChI is InChI=1S/C7H11INS.BF4/c1-4-9-5(2)7(8)6(3)10-9;2-1(3,4)5/h4H2,1-3H3;/q+1;-1. The highest BCUT2D eigenvalue weighted by Crippen LogP contribution is 2.17. The van der Waals surface area contributed by atoms with Crippen LogP contribution in [0.2, 0.25) is 0 Å². The van der Waals surface area contributed by atoms with Crippen LogP contribution in [0.3, 0.4) is 0 Å².